The highest BCUT2D eigenvalue weighted by Crippen LogP contribution is 2.04. The molecule has 20 heavy (non-hydrogen) atoms. The third-order valence-electron chi connectivity index (χ3n) is 2.64. The molecule has 1 atom stereocenters. The van der Waals surface area contributed by atoms with Crippen LogP contribution in [0.2, 0.25) is 0 Å². The van der Waals surface area contributed by atoms with E-state index in [-0.39, 0.29) is 5.69 Å². The van der Waals surface area contributed by atoms with E-state index in [2.05, 4.69) is 15.5 Å². The molecule has 1 heterocycles. The van der Waals surface area contributed by atoms with E-state index in [0.717, 1.165) is 5.56 Å². The van der Waals surface area contributed by atoms with Gasteiger partial charge in [-0.3, -0.25) is 9.78 Å². The molecule has 0 saturated carbocycles. The van der Waals surface area contributed by atoms with E-state index < -0.39 is 12.0 Å². The van der Waals surface area contributed by atoms with E-state index in [0.29, 0.717) is 5.71 Å². The maximum absolute atomic E-state index is 11.8. The van der Waals surface area contributed by atoms with Gasteiger partial charge in [-0.25, -0.2) is 5.43 Å². The minimum atomic E-state index is -0.790. The topological polar surface area (TPSA) is 74.6 Å². The first kappa shape index (κ1) is 13.9. The Morgan fingerprint density at radius 2 is 1.90 bits per heavy atom. The summed E-state index contributed by atoms with van der Waals surface area (Å²) in [5.74, 6) is -0.417. The van der Waals surface area contributed by atoms with Crippen LogP contribution in [-0.4, -0.2) is 27.8 Å². The van der Waals surface area contributed by atoms with Gasteiger partial charge in [0.1, 0.15) is 5.69 Å². The minimum Gasteiger partial charge on any atom is -0.387 e. The van der Waals surface area contributed by atoms with Gasteiger partial charge < -0.3 is 5.11 Å². The number of nitrogens with zero attached hydrogens (tertiary/aromatic N) is 2. The number of hydrogen-bond acceptors (Lipinski definition) is 4. The van der Waals surface area contributed by atoms with Crippen molar-refractivity contribution in [2.24, 2.45) is 5.10 Å². The molecule has 0 spiro atoms. The normalized spacial score (nSPS) is 12.8. The van der Waals surface area contributed by atoms with Gasteiger partial charge in [0.2, 0.25) is 0 Å². The molecule has 1 unspecified atom stereocenters. The van der Waals surface area contributed by atoms with Crippen molar-refractivity contribution in [3.63, 3.8) is 0 Å². The highest BCUT2D eigenvalue weighted by molar-refractivity contribution is 6.04. The molecule has 1 aromatic heterocycles. The van der Waals surface area contributed by atoms with Crippen LogP contribution in [0.1, 0.15) is 23.0 Å². The lowest BCUT2D eigenvalue weighted by molar-refractivity contribution is 0.0949. The Hall–Kier alpha value is -2.53. The number of amides is 1. The van der Waals surface area contributed by atoms with Crippen molar-refractivity contribution in [2.45, 2.75) is 13.0 Å². The van der Waals surface area contributed by atoms with E-state index in [1.54, 1.807) is 25.1 Å². The number of carbonyl (C=O) groups is 1. The summed E-state index contributed by atoms with van der Waals surface area (Å²) in [6.07, 6.45) is 0.743. The standard InChI is InChI=1S/C15H15N3O2/c1-11(19)14(12-7-3-2-4-8-12)17-18-15(20)13-9-5-6-10-16-13/h2-11,19H,1H3,(H,18,20). The fourth-order valence-electron chi connectivity index (χ4n) is 1.67. The zero-order valence-electron chi connectivity index (χ0n) is 11.0. The first-order chi connectivity index (χ1) is 9.68. The Morgan fingerprint density at radius 1 is 1.20 bits per heavy atom. The fraction of sp³-hybridized carbons (Fsp3) is 0.133. The van der Waals surface area contributed by atoms with Crippen LogP contribution < -0.4 is 5.43 Å². The number of aliphatic hydroxyl groups excluding tert-OH is 1. The molecule has 2 rings (SSSR count). The van der Waals surface area contributed by atoms with Gasteiger partial charge >= 0.3 is 0 Å². The van der Waals surface area contributed by atoms with E-state index in [4.69, 9.17) is 0 Å². The lowest BCUT2D eigenvalue weighted by Crippen LogP contribution is -2.25. The van der Waals surface area contributed by atoms with Crippen molar-refractivity contribution in [1.82, 2.24) is 10.4 Å². The molecular weight excluding hydrogens is 254 g/mol. The lowest BCUT2D eigenvalue weighted by atomic mass is 10.1. The monoisotopic (exact) mass is 269 g/mol. The first-order valence-corrected chi connectivity index (χ1v) is 6.21. The van der Waals surface area contributed by atoms with Crippen LogP contribution in [0, 0.1) is 0 Å². The van der Waals surface area contributed by atoms with Crippen LogP contribution in [0.4, 0.5) is 0 Å². The molecule has 0 radical (unpaired) electrons. The molecule has 0 aliphatic carbocycles. The number of aromatic nitrogens is 1. The highest BCUT2D eigenvalue weighted by atomic mass is 16.3. The maximum Gasteiger partial charge on any atom is 0.289 e. The zero-order chi connectivity index (χ0) is 14.4. The quantitative estimate of drug-likeness (QED) is 0.654. The predicted octanol–water partition coefficient (Wildman–Crippen LogP) is 1.60. The number of pyridine rings is 1. The molecule has 2 N–H and O–H groups in total. The average Bonchev–Trinajstić information content (AvgIpc) is 2.49. The number of hydrogen-bond donors (Lipinski definition) is 2. The third kappa shape index (κ3) is 3.49. The molecule has 0 saturated heterocycles. The summed E-state index contributed by atoms with van der Waals surface area (Å²) in [4.78, 5) is 15.8. The number of carbonyl (C=O) groups excluding carboxylic acids is 1. The second-order valence-corrected chi connectivity index (χ2v) is 4.19. The van der Waals surface area contributed by atoms with Crippen LogP contribution in [0.15, 0.2) is 59.8 Å². The van der Waals surface area contributed by atoms with E-state index in [1.807, 2.05) is 30.3 Å². The molecule has 102 valence electrons. The molecule has 5 heteroatoms. The number of benzene rings is 1. The van der Waals surface area contributed by atoms with Crippen molar-refractivity contribution in [3.05, 3.63) is 66.0 Å². The molecular formula is C15H15N3O2. The van der Waals surface area contributed by atoms with Gasteiger partial charge in [0.15, 0.2) is 0 Å². The summed E-state index contributed by atoms with van der Waals surface area (Å²) in [6, 6.07) is 14.2. The number of nitrogens with one attached hydrogen (secondary N) is 1. The van der Waals surface area contributed by atoms with Crippen LogP contribution in [0.3, 0.4) is 0 Å². The lowest BCUT2D eigenvalue weighted by Gasteiger charge is -2.09. The van der Waals surface area contributed by atoms with Gasteiger partial charge in [0.25, 0.3) is 5.91 Å². The van der Waals surface area contributed by atoms with Crippen molar-refractivity contribution >= 4 is 11.6 Å². The summed E-state index contributed by atoms with van der Waals surface area (Å²) in [7, 11) is 0. The molecule has 1 amide bonds. The SMILES string of the molecule is CC(O)C(=NNC(=O)c1ccccn1)c1ccccc1. The summed E-state index contributed by atoms with van der Waals surface area (Å²) in [5.41, 5.74) is 3.83. The van der Waals surface area contributed by atoms with E-state index in [1.165, 1.54) is 6.20 Å². The van der Waals surface area contributed by atoms with Crippen molar-refractivity contribution in [3.8, 4) is 0 Å². The molecule has 2 aromatic rings. The molecule has 1 aromatic carbocycles. The Morgan fingerprint density at radius 3 is 2.50 bits per heavy atom. The Balaban J connectivity index is 2.17. The maximum atomic E-state index is 11.8. The predicted molar refractivity (Wildman–Crippen MR) is 76.4 cm³/mol. The zero-order valence-corrected chi connectivity index (χ0v) is 11.0. The van der Waals surface area contributed by atoms with Crippen LogP contribution in [-0.2, 0) is 0 Å². The molecule has 0 fully saturated rings. The van der Waals surface area contributed by atoms with Crippen molar-refractivity contribution in [1.29, 1.82) is 0 Å². The Bertz CT molecular complexity index is 595. The van der Waals surface area contributed by atoms with Gasteiger partial charge in [0.05, 0.1) is 11.8 Å². The van der Waals surface area contributed by atoms with Crippen LogP contribution >= 0.6 is 0 Å². The van der Waals surface area contributed by atoms with E-state index in [9.17, 15) is 9.90 Å². The summed E-state index contributed by atoms with van der Waals surface area (Å²) >= 11 is 0. The Labute approximate surface area is 117 Å². The second kappa shape index (κ2) is 6.58. The van der Waals surface area contributed by atoms with Crippen LogP contribution in [0.25, 0.3) is 0 Å². The summed E-state index contributed by atoms with van der Waals surface area (Å²) < 4.78 is 0. The molecule has 5 nitrogen and oxygen atoms in total. The van der Waals surface area contributed by atoms with Crippen molar-refractivity contribution in [2.75, 3.05) is 0 Å². The van der Waals surface area contributed by atoms with Crippen LogP contribution in [0.5, 0.6) is 0 Å². The first-order valence-electron chi connectivity index (χ1n) is 6.21. The Kier molecular flexibility index (Phi) is 4.57. The summed E-state index contributed by atoms with van der Waals surface area (Å²) in [5, 5.41) is 13.7. The number of rotatable bonds is 4. The van der Waals surface area contributed by atoms with Gasteiger partial charge in [-0.15, -0.1) is 0 Å². The fourth-order valence-corrected chi connectivity index (χ4v) is 1.67. The number of hydrazone groups is 1. The number of aliphatic hydroxyl groups is 1. The largest absolute Gasteiger partial charge is 0.387 e. The van der Waals surface area contributed by atoms with E-state index >= 15 is 0 Å². The third-order valence-corrected chi connectivity index (χ3v) is 2.64. The van der Waals surface area contributed by atoms with Gasteiger partial charge in [-0.05, 0) is 19.1 Å². The average molecular weight is 269 g/mol. The smallest absolute Gasteiger partial charge is 0.289 e. The van der Waals surface area contributed by atoms with Gasteiger partial charge in [0, 0.05) is 11.8 Å². The summed E-state index contributed by atoms with van der Waals surface area (Å²) in [6.45, 7) is 1.60. The second-order valence-electron chi connectivity index (χ2n) is 4.19. The molecule has 0 aliphatic rings. The minimum absolute atomic E-state index is 0.272. The molecule has 0 bridgehead atoms. The van der Waals surface area contributed by atoms with Crippen molar-refractivity contribution < 1.29 is 9.90 Å². The van der Waals surface area contributed by atoms with Gasteiger partial charge in [-0.2, -0.15) is 5.10 Å². The highest BCUT2D eigenvalue weighted by Gasteiger charge is 2.11. The molecule has 0 aliphatic heterocycles. The van der Waals surface area contributed by atoms with Gasteiger partial charge in [-0.1, -0.05) is 36.4 Å².